The largest absolute Gasteiger partial charge is 0.377 e. The summed E-state index contributed by atoms with van der Waals surface area (Å²) in [5.74, 6) is 0. The Hall–Kier alpha value is -1.31. The fraction of sp³-hybridized carbons (Fsp3) is 0.731. The first-order chi connectivity index (χ1) is 16.3. The molecular formula is C26H45ClN2O4S. The van der Waals surface area contributed by atoms with E-state index in [1.165, 1.54) is 57.4 Å². The minimum atomic E-state index is -4.08. The number of hydrogen-bond donors (Lipinski definition) is 2. The number of carbonyl (C=O) groups excluding carboxylic acids is 1. The number of unbranched alkanes of at least 4 members (excludes halogenated alkanes) is 9. The summed E-state index contributed by atoms with van der Waals surface area (Å²) in [6.07, 6.45) is 13.8. The summed E-state index contributed by atoms with van der Waals surface area (Å²) < 4.78 is 34.0. The van der Waals surface area contributed by atoms with E-state index in [1.807, 2.05) is 13.8 Å². The number of ether oxygens (including phenoxy) is 1. The van der Waals surface area contributed by atoms with E-state index < -0.39 is 22.2 Å². The lowest BCUT2D eigenvalue weighted by Gasteiger charge is -2.23. The van der Waals surface area contributed by atoms with Crippen LogP contribution in [0.2, 0.25) is 5.02 Å². The van der Waals surface area contributed by atoms with Gasteiger partial charge in [0.25, 0.3) is 10.0 Å². The summed E-state index contributed by atoms with van der Waals surface area (Å²) in [5, 5.41) is 3.08. The predicted molar refractivity (Wildman–Crippen MR) is 141 cm³/mol. The van der Waals surface area contributed by atoms with Crippen LogP contribution in [0.1, 0.15) is 115 Å². The van der Waals surface area contributed by atoms with Gasteiger partial charge in [-0.05, 0) is 43.4 Å². The smallest absolute Gasteiger partial charge is 0.328 e. The van der Waals surface area contributed by atoms with Gasteiger partial charge in [0.05, 0.1) is 11.0 Å². The zero-order valence-corrected chi connectivity index (χ0v) is 23.1. The highest BCUT2D eigenvalue weighted by atomic mass is 35.5. The topological polar surface area (TPSA) is 84.5 Å². The second-order valence-corrected chi connectivity index (χ2v) is 10.9. The molecule has 0 aromatic heterocycles. The molecule has 1 atom stereocenters. The molecule has 6 nitrogen and oxygen atoms in total. The minimum Gasteiger partial charge on any atom is -0.377 e. The van der Waals surface area contributed by atoms with Crippen molar-refractivity contribution in [2.45, 2.75) is 115 Å². The summed E-state index contributed by atoms with van der Waals surface area (Å²) in [7, 11) is -2.51. The Morgan fingerprint density at radius 1 is 0.941 bits per heavy atom. The Balaban J connectivity index is 2.91. The fourth-order valence-electron chi connectivity index (χ4n) is 4.19. The van der Waals surface area contributed by atoms with Gasteiger partial charge in [-0.1, -0.05) is 90.2 Å². The summed E-state index contributed by atoms with van der Waals surface area (Å²) in [5.41, 5.74) is 1.36. The van der Waals surface area contributed by atoms with E-state index in [0.29, 0.717) is 36.4 Å². The molecule has 1 aromatic rings. The molecule has 0 fully saturated rings. The van der Waals surface area contributed by atoms with Crippen LogP contribution >= 0.6 is 11.6 Å². The molecule has 2 amide bonds. The molecule has 8 heteroatoms. The molecule has 2 N–H and O–H groups in total. The quantitative estimate of drug-likeness (QED) is 0.200. The van der Waals surface area contributed by atoms with E-state index >= 15 is 0 Å². The van der Waals surface area contributed by atoms with Crippen LogP contribution in [0, 0.1) is 0 Å². The van der Waals surface area contributed by atoms with Crippen molar-refractivity contribution in [2.75, 3.05) is 13.7 Å². The van der Waals surface area contributed by atoms with Crippen LogP contribution in [-0.4, -0.2) is 28.1 Å². The average molecular weight is 517 g/mol. The number of methoxy groups -OCH3 is 1. The second kappa shape index (κ2) is 17.2. The van der Waals surface area contributed by atoms with Crippen molar-refractivity contribution in [1.82, 2.24) is 10.0 Å². The number of hydrogen-bond acceptors (Lipinski definition) is 4. The number of carbonyl (C=O) groups is 1. The van der Waals surface area contributed by atoms with E-state index in [2.05, 4.69) is 17.0 Å². The van der Waals surface area contributed by atoms with Gasteiger partial charge in [-0.3, -0.25) is 0 Å². The molecule has 0 aliphatic carbocycles. The molecule has 0 saturated heterocycles. The maximum absolute atomic E-state index is 13.1. The number of nitrogens with one attached hydrogen (secondary N) is 2. The highest BCUT2D eigenvalue weighted by Crippen LogP contribution is 2.35. The van der Waals surface area contributed by atoms with Gasteiger partial charge in [0.15, 0.2) is 0 Å². The van der Waals surface area contributed by atoms with Crippen LogP contribution in [0.15, 0.2) is 17.0 Å². The van der Waals surface area contributed by atoms with Crippen LogP contribution in [0.4, 0.5) is 4.79 Å². The average Bonchev–Trinajstić information content (AvgIpc) is 2.80. The van der Waals surface area contributed by atoms with Crippen LogP contribution < -0.4 is 10.0 Å². The standard InChI is InChI=1S/C26H45ClN2O4S/c1-5-8-9-10-11-12-13-14-15-16-17-21-22(27)18-19-24(25(21)23(7-3)33-4)34(31,32)29-26(30)28-20-6-2/h18-19,23H,5-17,20H2,1-4H3,(H2,28,29,30). The van der Waals surface area contributed by atoms with Gasteiger partial charge >= 0.3 is 6.03 Å². The number of sulfonamides is 1. The molecule has 1 unspecified atom stereocenters. The Morgan fingerprint density at radius 3 is 2.06 bits per heavy atom. The van der Waals surface area contributed by atoms with Gasteiger partial charge in [-0.15, -0.1) is 0 Å². The minimum absolute atomic E-state index is 0.0549. The lowest BCUT2D eigenvalue weighted by molar-refractivity contribution is 0.0969. The zero-order chi connectivity index (χ0) is 25.4. The lowest BCUT2D eigenvalue weighted by atomic mass is 9.95. The third-order valence-electron chi connectivity index (χ3n) is 6.07. The Morgan fingerprint density at radius 2 is 1.53 bits per heavy atom. The van der Waals surface area contributed by atoms with Crippen LogP contribution in [0.3, 0.4) is 0 Å². The maximum Gasteiger partial charge on any atom is 0.328 e. The SMILES string of the molecule is CCCCCCCCCCCCc1c(Cl)ccc(S(=O)(=O)NC(=O)NCCC)c1C(CC)OC. The van der Waals surface area contributed by atoms with E-state index in [9.17, 15) is 13.2 Å². The molecule has 0 aliphatic rings. The van der Waals surface area contributed by atoms with Crippen molar-refractivity contribution in [3.8, 4) is 0 Å². The van der Waals surface area contributed by atoms with Crippen molar-refractivity contribution in [1.29, 1.82) is 0 Å². The summed E-state index contributed by atoms with van der Waals surface area (Å²) in [6.45, 7) is 6.47. The molecule has 0 bridgehead atoms. The molecular weight excluding hydrogens is 472 g/mol. The van der Waals surface area contributed by atoms with E-state index in [0.717, 1.165) is 18.4 Å². The first-order valence-corrected chi connectivity index (χ1v) is 14.8. The van der Waals surface area contributed by atoms with E-state index in [1.54, 1.807) is 13.2 Å². The molecule has 0 heterocycles. The molecule has 0 saturated carbocycles. The van der Waals surface area contributed by atoms with Crippen molar-refractivity contribution in [3.63, 3.8) is 0 Å². The number of urea groups is 1. The highest BCUT2D eigenvalue weighted by molar-refractivity contribution is 7.90. The monoisotopic (exact) mass is 516 g/mol. The van der Waals surface area contributed by atoms with Gasteiger partial charge in [0.1, 0.15) is 0 Å². The Bertz CT molecular complexity index is 826. The molecule has 1 rings (SSSR count). The third-order valence-corrected chi connectivity index (χ3v) is 7.81. The molecule has 0 radical (unpaired) electrons. The van der Waals surface area contributed by atoms with Crippen molar-refractivity contribution in [3.05, 3.63) is 28.3 Å². The van der Waals surface area contributed by atoms with E-state index in [-0.39, 0.29) is 4.90 Å². The maximum atomic E-state index is 13.1. The normalized spacial score (nSPS) is 12.5. The first kappa shape index (κ1) is 30.7. The van der Waals surface area contributed by atoms with Crippen molar-refractivity contribution in [2.24, 2.45) is 0 Å². The molecule has 1 aromatic carbocycles. The van der Waals surface area contributed by atoms with E-state index in [4.69, 9.17) is 16.3 Å². The van der Waals surface area contributed by atoms with Gasteiger partial charge in [-0.25, -0.2) is 17.9 Å². The highest BCUT2D eigenvalue weighted by Gasteiger charge is 2.28. The van der Waals surface area contributed by atoms with Gasteiger partial charge < -0.3 is 10.1 Å². The zero-order valence-electron chi connectivity index (χ0n) is 21.6. The Kier molecular flexibility index (Phi) is 15.5. The number of amides is 2. The summed E-state index contributed by atoms with van der Waals surface area (Å²) >= 11 is 6.56. The second-order valence-electron chi connectivity index (χ2n) is 8.86. The number of rotatable bonds is 18. The summed E-state index contributed by atoms with van der Waals surface area (Å²) in [6, 6.07) is 2.35. The number of benzene rings is 1. The van der Waals surface area contributed by atoms with Gasteiger partial charge in [0, 0.05) is 24.2 Å². The third kappa shape index (κ3) is 10.5. The molecule has 0 aliphatic heterocycles. The molecule has 0 spiro atoms. The first-order valence-electron chi connectivity index (χ1n) is 13.0. The van der Waals surface area contributed by atoms with Crippen LogP contribution in [0.25, 0.3) is 0 Å². The number of halogens is 1. The fourth-order valence-corrected chi connectivity index (χ4v) is 5.66. The van der Waals surface area contributed by atoms with Gasteiger partial charge in [0.2, 0.25) is 0 Å². The van der Waals surface area contributed by atoms with Crippen molar-refractivity contribution >= 4 is 27.7 Å². The van der Waals surface area contributed by atoms with Gasteiger partial charge in [-0.2, -0.15) is 0 Å². The lowest BCUT2D eigenvalue weighted by Crippen LogP contribution is -2.40. The van der Waals surface area contributed by atoms with Crippen molar-refractivity contribution < 1.29 is 17.9 Å². The van der Waals surface area contributed by atoms with Crippen LogP contribution in [0.5, 0.6) is 0 Å². The summed E-state index contributed by atoms with van der Waals surface area (Å²) in [4.78, 5) is 12.1. The molecule has 196 valence electrons. The van der Waals surface area contributed by atoms with Crippen LogP contribution in [-0.2, 0) is 21.2 Å². The molecule has 34 heavy (non-hydrogen) atoms. The predicted octanol–water partition coefficient (Wildman–Crippen LogP) is 7.30. The Labute approximate surface area is 212 Å².